The number of hydrogen-bond acceptors (Lipinski definition) is 5. The van der Waals surface area contributed by atoms with Gasteiger partial charge in [0.25, 0.3) is 0 Å². The van der Waals surface area contributed by atoms with E-state index in [-0.39, 0.29) is 18.4 Å². The van der Waals surface area contributed by atoms with Gasteiger partial charge < -0.3 is 20.9 Å². The lowest BCUT2D eigenvalue weighted by Gasteiger charge is -2.34. The van der Waals surface area contributed by atoms with Crippen LogP contribution in [0.2, 0.25) is 0 Å². The molecule has 23 heavy (non-hydrogen) atoms. The molecule has 124 valence electrons. The van der Waals surface area contributed by atoms with Gasteiger partial charge >= 0.3 is 6.03 Å². The number of carbonyl (C=O) groups is 1. The zero-order valence-corrected chi connectivity index (χ0v) is 13.6. The Morgan fingerprint density at radius 1 is 1.35 bits per heavy atom. The van der Waals surface area contributed by atoms with Crippen molar-refractivity contribution >= 4 is 24.1 Å². The fourth-order valence-corrected chi connectivity index (χ4v) is 2.34. The van der Waals surface area contributed by atoms with Crippen LogP contribution in [-0.4, -0.2) is 16.2 Å². The van der Waals surface area contributed by atoms with Crippen molar-refractivity contribution in [2.75, 3.05) is 5.32 Å². The van der Waals surface area contributed by atoms with Gasteiger partial charge in [-0.1, -0.05) is 23.4 Å². The third-order valence-electron chi connectivity index (χ3n) is 3.88. The lowest BCUT2D eigenvalue weighted by molar-refractivity contribution is 0.227. The Kier molecular flexibility index (Phi) is 5.23. The molecule has 1 fully saturated rings. The number of amides is 2. The molecule has 1 atom stereocenters. The van der Waals surface area contributed by atoms with Gasteiger partial charge in [0.05, 0.1) is 5.54 Å². The normalized spacial score (nSPS) is 16.6. The van der Waals surface area contributed by atoms with Crippen LogP contribution < -0.4 is 16.4 Å². The summed E-state index contributed by atoms with van der Waals surface area (Å²) in [5.74, 6) is 0.876. The highest BCUT2D eigenvalue weighted by atomic mass is 35.5. The van der Waals surface area contributed by atoms with Crippen LogP contribution in [0.3, 0.4) is 0 Å². The molecule has 0 bridgehead atoms. The van der Waals surface area contributed by atoms with Crippen LogP contribution in [0.15, 0.2) is 34.9 Å². The number of hydrogen-bond donors (Lipinski definition) is 3. The van der Waals surface area contributed by atoms with Crippen LogP contribution >= 0.6 is 12.4 Å². The van der Waals surface area contributed by atoms with Crippen molar-refractivity contribution in [2.45, 2.75) is 37.8 Å². The number of halogens is 1. The molecule has 1 aliphatic rings. The first kappa shape index (κ1) is 17.2. The Labute approximate surface area is 140 Å². The van der Waals surface area contributed by atoms with Gasteiger partial charge in [0.2, 0.25) is 5.89 Å². The van der Waals surface area contributed by atoms with Crippen LogP contribution in [0.1, 0.15) is 43.9 Å². The first-order chi connectivity index (χ1) is 10.6. The van der Waals surface area contributed by atoms with E-state index in [2.05, 4.69) is 20.8 Å². The number of benzene rings is 1. The molecule has 0 spiro atoms. The first-order valence-corrected chi connectivity index (χ1v) is 7.32. The minimum atomic E-state index is -0.465. The van der Waals surface area contributed by atoms with Crippen molar-refractivity contribution in [1.29, 1.82) is 0 Å². The summed E-state index contributed by atoms with van der Waals surface area (Å²) in [6, 6.07) is 8.48. The van der Waals surface area contributed by atoms with Gasteiger partial charge in [-0.15, -0.1) is 12.4 Å². The molecule has 1 aliphatic carbocycles. The highest BCUT2D eigenvalue weighted by Gasteiger charge is 2.39. The van der Waals surface area contributed by atoms with Crippen molar-refractivity contribution < 1.29 is 9.32 Å². The zero-order valence-electron chi connectivity index (χ0n) is 12.8. The Hall–Kier alpha value is -2.12. The summed E-state index contributed by atoms with van der Waals surface area (Å²) in [6.07, 6.45) is 2.80. The standard InChI is InChI=1S/C15H19N5O2.ClH/c1-10(17-14(21)18-11-6-3-2-4-7-11)12-19-13(20-22-12)15(16)8-5-9-15;/h2-4,6-7,10H,5,8-9,16H2,1H3,(H2,17,18,21);1H. The van der Waals surface area contributed by atoms with E-state index >= 15 is 0 Å². The second-order valence-electron chi connectivity index (χ2n) is 5.65. The summed E-state index contributed by atoms with van der Waals surface area (Å²) in [7, 11) is 0. The second kappa shape index (κ2) is 6.97. The highest BCUT2D eigenvalue weighted by Crippen LogP contribution is 2.37. The van der Waals surface area contributed by atoms with Gasteiger partial charge in [-0.3, -0.25) is 0 Å². The summed E-state index contributed by atoms with van der Waals surface area (Å²) in [5.41, 5.74) is 6.41. The lowest BCUT2D eigenvalue weighted by Crippen LogP contribution is -2.44. The Bertz CT molecular complexity index is 657. The Balaban J connectivity index is 0.00000192. The first-order valence-electron chi connectivity index (χ1n) is 7.32. The SMILES string of the molecule is CC(NC(=O)Nc1ccccc1)c1nc(C2(N)CCC2)no1.Cl. The number of nitrogens with two attached hydrogens (primary N) is 1. The molecule has 0 radical (unpaired) electrons. The predicted octanol–water partition coefficient (Wildman–Crippen LogP) is 2.71. The summed E-state index contributed by atoms with van der Waals surface area (Å²) < 4.78 is 5.22. The monoisotopic (exact) mass is 337 g/mol. The average molecular weight is 338 g/mol. The number of para-hydroxylation sites is 1. The molecule has 1 unspecified atom stereocenters. The van der Waals surface area contributed by atoms with Gasteiger partial charge in [-0.25, -0.2) is 4.79 Å². The van der Waals surface area contributed by atoms with Crippen molar-refractivity contribution in [2.24, 2.45) is 5.73 Å². The number of urea groups is 1. The smallest absolute Gasteiger partial charge is 0.319 e. The minimum Gasteiger partial charge on any atom is -0.337 e. The third kappa shape index (κ3) is 3.80. The number of aromatic nitrogens is 2. The molecule has 0 aliphatic heterocycles. The summed E-state index contributed by atoms with van der Waals surface area (Å²) in [6.45, 7) is 1.78. The van der Waals surface area contributed by atoms with Gasteiger partial charge in [0, 0.05) is 5.69 Å². The van der Waals surface area contributed by atoms with Crippen molar-refractivity contribution in [1.82, 2.24) is 15.5 Å². The molecule has 1 aromatic heterocycles. The summed E-state index contributed by atoms with van der Waals surface area (Å²) in [5, 5.41) is 9.44. The molecule has 7 nitrogen and oxygen atoms in total. The largest absolute Gasteiger partial charge is 0.337 e. The molecular formula is C15H20ClN5O2. The Morgan fingerprint density at radius 2 is 2.04 bits per heavy atom. The van der Waals surface area contributed by atoms with Crippen molar-refractivity contribution in [3.8, 4) is 0 Å². The van der Waals surface area contributed by atoms with Crippen LogP contribution in [0.5, 0.6) is 0 Å². The topological polar surface area (TPSA) is 106 Å². The van der Waals surface area contributed by atoms with Gasteiger partial charge in [-0.05, 0) is 38.3 Å². The number of nitrogens with one attached hydrogen (secondary N) is 2. The summed E-state index contributed by atoms with van der Waals surface area (Å²) >= 11 is 0. The van der Waals surface area contributed by atoms with Gasteiger partial charge in [0.1, 0.15) is 6.04 Å². The molecule has 1 aromatic carbocycles. The molecule has 0 saturated heterocycles. The van der Waals surface area contributed by atoms with E-state index in [1.165, 1.54) is 0 Å². The molecule has 1 saturated carbocycles. The van der Waals surface area contributed by atoms with Crippen LogP contribution in [-0.2, 0) is 5.54 Å². The summed E-state index contributed by atoms with van der Waals surface area (Å²) in [4.78, 5) is 16.2. The number of anilines is 1. The van der Waals surface area contributed by atoms with Gasteiger partial charge in [-0.2, -0.15) is 4.98 Å². The van der Waals surface area contributed by atoms with E-state index in [0.717, 1.165) is 19.3 Å². The molecular weight excluding hydrogens is 318 g/mol. The van der Waals surface area contributed by atoms with Crippen LogP contribution in [0.25, 0.3) is 0 Å². The molecule has 1 heterocycles. The lowest BCUT2D eigenvalue weighted by atomic mass is 9.77. The maximum Gasteiger partial charge on any atom is 0.319 e. The number of nitrogens with zero attached hydrogens (tertiary/aromatic N) is 2. The maximum absolute atomic E-state index is 11.9. The van der Waals surface area contributed by atoms with Crippen molar-refractivity contribution in [3.05, 3.63) is 42.0 Å². The van der Waals surface area contributed by atoms with E-state index in [1.807, 2.05) is 30.3 Å². The predicted molar refractivity (Wildman–Crippen MR) is 88.3 cm³/mol. The molecule has 2 amide bonds. The molecule has 2 aromatic rings. The van der Waals surface area contributed by atoms with E-state index in [1.54, 1.807) is 6.92 Å². The van der Waals surface area contributed by atoms with E-state index in [4.69, 9.17) is 10.3 Å². The number of carbonyl (C=O) groups excluding carboxylic acids is 1. The number of rotatable bonds is 4. The zero-order chi connectivity index (χ0) is 15.6. The highest BCUT2D eigenvalue weighted by molar-refractivity contribution is 5.89. The minimum absolute atomic E-state index is 0. The maximum atomic E-state index is 11.9. The fourth-order valence-electron chi connectivity index (χ4n) is 2.34. The quantitative estimate of drug-likeness (QED) is 0.795. The van der Waals surface area contributed by atoms with Gasteiger partial charge in [0.15, 0.2) is 5.82 Å². The average Bonchev–Trinajstić information content (AvgIpc) is 2.96. The third-order valence-corrected chi connectivity index (χ3v) is 3.88. The van der Waals surface area contributed by atoms with E-state index < -0.39 is 11.6 Å². The molecule has 3 rings (SSSR count). The fraction of sp³-hybridized carbons (Fsp3) is 0.400. The van der Waals surface area contributed by atoms with E-state index in [0.29, 0.717) is 17.4 Å². The van der Waals surface area contributed by atoms with Crippen LogP contribution in [0, 0.1) is 0 Å². The Morgan fingerprint density at radius 3 is 2.65 bits per heavy atom. The molecule has 8 heteroatoms. The van der Waals surface area contributed by atoms with Crippen molar-refractivity contribution in [3.63, 3.8) is 0 Å². The van der Waals surface area contributed by atoms with E-state index in [9.17, 15) is 4.79 Å². The molecule has 4 N–H and O–H groups in total. The second-order valence-corrected chi connectivity index (χ2v) is 5.65. The van der Waals surface area contributed by atoms with Crippen LogP contribution in [0.4, 0.5) is 10.5 Å².